The molecule has 4 rings (SSSR count). The number of hydrogen-bond donors (Lipinski definition) is 1. The van der Waals surface area contributed by atoms with Crippen LogP contribution >= 0.6 is 0 Å². The number of carbonyl (C=O) groups excluding carboxylic acids is 1. The SMILES string of the molecule is CCCC(=O)n1c(NCc2ccc3c(c2)OCO3)nc2ccccc21. The topological polar surface area (TPSA) is 65.4 Å². The predicted molar refractivity (Wildman–Crippen MR) is 95.2 cm³/mol. The number of aromatic nitrogens is 2. The molecule has 0 fully saturated rings. The molecule has 128 valence electrons. The van der Waals surface area contributed by atoms with Crippen molar-refractivity contribution in [3.05, 3.63) is 48.0 Å². The lowest BCUT2D eigenvalue weighted by molar-refractivity contribution is 0.0909. The van der Waals surface area contributed by atoms with Gasteiger partial charge in [-0.2, -0.15) is 0 Å². The molecule has 6 heteroatoms. The first kappa shape index (κ1) is 15.5. The second kappa shape index (κ2) is 6.47. The number of benzene rings is 2. The van der Waals surface area contributed by atoms with Crippen LogP contribution in [0.2, 0.25) is 0 Å². The molecule has 1 aliphatic rings. The predicted octanol–water partition coefficient (Wildman–Crippen LogP) is 3.82. The third kappa shape index (κ3) is 2.91. The van der Waals surface area contributed by atoms with Gasteiger partial charge in [0.2, 0.25) is 18.6 Å². The van der Waals surface area contributed by atoms with Gasteiger partial charge in [-0.25, -0.2) is 9.55 Å². The minimum absolute atomic E-state index is 0.0457. The minimum Gasteiger partial charge on any atom is -0.454 e. The van der Waals surface area contributed by atoms with Crippen LogP contribution in [0.25, 0.3) is 11.0 Å². The average Bonchev–Trinajstić information content (AvgIpc) is 3.23. The molecule has 0 amide bonds. The van der Waals surface area contributed by atoms with E-state index in [-0.39, 0.29) is 12.7 Å². The molecule has 0 atom stereocenters. The third-order valence-corrected chi connectivity index (χ3v) is 4.16. The van der Waals surface area contributed by atoms with Gasteiger partial charge in [-0.05, 0) is 36.2 Å². The van der Waals surface area contributed by atoms with Crippen molar-refractivity contribution in [2.45, 2.75) is 26.3 Å². The Morgan fingerprint density at radius 1 is 1.20 bits per heavy atom. The van der Waals surface area contributed by atoms with Gasteiger partial charge in [0.15, 0.2) is 11.5 Å². The van der Waals surface area contributed by atoms with E-state index in [1.165, 1.54) is 0 Å². The van der Waals surface area contributed by atoms with Crippen LogP contribution in [0.1, 0.15) is 30.1 Å². The molecule has 25 heavy (non-hydrogen) atoms. The van der Waals surface area contributed by atoms with Gasteiger partial charge in [-0.15, -0.1) is 0 Å². The van der Waals surface area contributed by atoms with Crippen molar-refractivity contribution >= 4 is 22.9 Å². The van der Waals surface area contributed by atoms with Crippen LogP contribution < -0.4 is 14.8 Å². The van der Waals surface area contributed by atoms with Gasteiger partial charge < -0.3 is 14.8 Å². The minimum atomic E-state index is 0.0457. The molecule has 0 saturated carbocycles. The summed E-state index contributed by atoms with van der Waals surface area (Å²) >= 11 is 0. The van der Waals surface area contributed by atoms with Gasteiger partial charge in [-0.3, -0.25) is 4.79 Å². The van der Waals surface area contributed by atoms with Gasteiger partial charge in [0.25, 0.3) is 0 Å². The fourth-order valence-corrected chi connectivity index (χ4v) is 2.95. The Morgan fingerprint density at radius 3 is 2.92 bits per heavy atom. The van der Waals surface area contributed by atoms with Crippen molar-refractivity contribution in [2.24, 2.45) is 0 Å². The van der Waals surface area contributed by atoms with Crippen LogP contribution in [-0.2, 0) is 6.54 Å². The highest BCUT2D eigenvalue weighted by Gasteiger charge is 2.17. The molecular formula is C19H19N3O3. The molecule has 0 bridgehead atoms. The zero-order chi connectivity index (χ0) is 17.2. The summed E-state index contributed by atoms with van der Waals surface area (Å²) in [6, 6.07) is 13.5. The number of imidazole rings is 1. The fraction of sp³-hybridized carbons (Fsp3) is 0.263. The summed E-state index contributed by atoms with van der Waals surface area (Å²) in [5, 5.41) is 3.28. The van der Waals surface area contributed by atoms with Gasteiger partial charge >= 0.3 is 0 Å². The normalized spacial score (nSPS) is 12.5. The van der Waals surface area contributed by atoms with E-state index in [9.17, 15) is 4.79 Å². The van der Waals surface area contributed by atoms with Crippen molar-refractivity contribution in [2.75, 3.05) is 12.1 Å². The molecular weight excluding hydrogens is 318 g/mol. The lowest BCUT2D eigenvalue weighted by atomic mass is 10.2. The maximum Gasteiger partial charge on any atom is 0.233 e. The van der Waals surface area contributed by atoms with Crippen molar-refractivity contribution < 1.29 is 14.3 Å². The van der Waals surface area contributed by atoms with Crippen LogP contribution in [0.5, 0.6) is 11.5 Å². The second-order valence-corrected chi connectivity index (χ2v) is 5.94. The molecule has 1 aromatic heterocycles. The van der Waals surface area contributed by atoms with Gasteiger partial charge in [-0.1, -0.05) is 25.1 Å². The van der Waals surface area contributed by atoms with Gasteiger partial charge in [0, 0.05) is 13.0 Å². The summed E-state index contributed by atoms with van der Waals surface area (Å²) in [5.74, 6) is 2.12. The van der Waals surface area contributed by atoms with Crippen molar-refractivity contribution in [3.8, 4) is 11.5 Å². The highest BCUT2D eigenvalue weighted by Crippen LogP contribution is 2.32. The molecule has 0 aliphatic carbocycles. The third-order valence-electron chi connectivity index (χ3n) is 4.16. The molecule has 3 aromatic rings. The Labute approximate surface area is 145 Å². The Morgan fingerprint density at radius 2 is 2.04 bits per heavy atom. The molecule has 1 aliphatic heterocycles. The van der Waals surface area contributed by atoms with Crippen molar-refractivity contribution in [1.82, 2.24) is 9.55 Å². The highest BCUT2D eigenvalue weighted by molar-refractivity contribution is 5.93. The maximum atomic E-state index is 12.6. The summed E-state index contributed by atoms with van der Waals surface area (Å²) < 4.78 is 12.4. The second-order valence-electron chi connectivity index (χ2n) is 5.94. The van der Waals surface area contributed by atoms with Gasteiger partial charge in [0.1, 0.15) is 0 Å². The Bertz CT molecular complexity index is 933. The summed E-state index contributed by atoms with van der Waals surface area (Å²) in [6.07, 6.45) is 1.28. The Hall–Kier alpha value is -3.02. The number of fused-ring (bicyclic) bond motifs is 2. The van der Waals surface area contributed by atoms with Crippen molar-refractivity contribution in [3.63, 3.8) is 0 Å². The zero-order valence-corrected chi connectivity index (χ0v) is 14.0. The largest absolute Gasteiger partial charge is 0.454 e. The highest BCUT2D eigenvalue weighted by atomic mass is 16.7. The monoisotopic (exact) mass is 337 g/mol. The number of nitrogens with one attached hydrogen (secondary N) is 1. The standard InChI is InChI=1S/C19H19N3O3/c1-2-5-18(23)22-15-7-4-3-6-14(15)21-19(22)20-11-13-8-9-16-17(10-13)25-12-24-16/h3-4,6-10H,2,5,11-12H2,1H3,(H,20,21). The van der Waals surface area contributed by atoms with Crippen LogP contribution in [0.3, 0.4) is 0 Å². The van der Waals surface area contributed by atoms with E-state index in [1.807, 2.05) is 49.4 Å². The molecule has 0 spiro atoms. The first-order chi connectivity index (χ1) is 12.3. The first-order valence-electron chi connectivity index (χ1n) is 8.39. The maximum absolute atomic E-state index is 12.6. The number of nitrogens with zero attached hydrogens (tertiary/aromatic N) is 2. The molecule has 2 aromatic carbocycles. The van der Waals surface area contributed by atoms with E-state index < -0.39 is 0 Å². The molecule has 0 saturated heterocycles. The molecule has 2 heterocycles. The number of rotatable bonds is 5. The number of ether oxygens (including phenoxy) is 2. The quantitative estimate of drug-likeness (QED) is 0.767. The lowest BCUT2D eigenvalue weighted by Crippen LogP contribution is -2.14. The van der Waals surface area contributed by atoms with E-state index >= 15 is 0 Å². The first-order valence-corrected chi connectivity index (χ1v) is 8.39. The Kier molecular flexibility index (Phi) is 4.01. The zero-order valence-electron chi connectivity index (χ0n) is 14.0. The van der Waals surface area contributed by atoms with E-state index in [4.69, 9.17) is 9.47 Å². The van der Waals surface area contributed by atoms with Crippen LogP contribution in [0, 0.1) is 0 Å². The van der Waals surface area contributed by atoms with Crippen molar-refractivity contribution in [1.29, 1.82) is 0 Å². The molecule has 0 radical (unpaired) electrons. The lowest BCUT2D eigenvalue weighted by Gasteiger charge is -2.10. The number of hydrogen-bond acceptors (Lipinski definition) is 5. The van der Waals surface area contributed by atoms with Crippen LogP contribution in [0.4, 0.5) is 5.95 Å². The van der Waals surface area contributed by atoms with E-state index in [0.29, 0.717) is 18.9 Å². The fourth-order valence-electron chi connectivity index (χ4n) is 2.95. The summed E-state index contributed by atoms with van der Waals surface area (Å²) in [6.45, 7) is 2.80. The van der Waals surface area contributed by atoms with E-state index in [0.717, 1.165) is 34.5 Å². The summed E-state index contributed by atoms with van der Waals surface area (Å²) in [7, 11) is 0. The number of carbonyl (C=O) groups is 1. The van der Waals surface area contributed by atoms with Gasteiger partial charge in [0.05, 0.1) is 11.0 Å². The number of para-hydroxylation sites is 2. The average molecular weight is 337 g/mol. The number of anilines is 1. The van der Waals surface area contributed by atoms with Crippen LogP contribution in [0.15, 0.2) is 42.5 Å². The van der Waals surface area contributed by atoms with E-state index in [1.54, 1.807) is 4.57 Å². The Balaban J connectivity index is 1.62. The van der Waals surface area contributed by atoms with E-state index in [2.05, 4.69) is 10.3 Å². The molecule has 6 nitrogen and oxygen atoms in total. The van der Waals surface area contributed by atoms with Crippen LogP contribution in [-0.4, -0.2) is 22.3 Å². The molecule has 0 unspecified atom stereocenters. The summed E-state index contributed by atoms with van der Waals surface area (Å²) in [5.41, 5.74) is 2.67. The summed E-state index contributed by atoms with van der Waals surface area (Å²) in [4.78, 5) is 17.1. The smallest absolute Gasteiger partial charge is 0.233 e. The molecule has 1 N–H and O–H groups in total.